The van der Waals surface area contributed by atoms with Gasteiger partial charge in [-0.25, -0.2) is 13.6 Å². The Bertz CT molecular complexity index is 710. The number of hydrogen-bond donors (Lipinski definition) is 2. The SMILES string of the molecule is Cc1ccc(NC(=O)NCCOc2ccc(F)cc2F)c(Br)c1. The van der Waals surface area contributed by atoms with Crippen LogP contribution in [0.25, 0.3) is 0 Å². The van der Waals surface area contributed by atoms with E-state index in [1.165, 1.54) is 6.07 Å². The first kappa shape index (κ1) is 17.2. The lowest BCUT2D eigenvalue weighted by atomic mass is 10.2. The average molecular weight is 385 g/mol. The third-order valence-electron chi connectivity index (χ3n) is 2.91. The number of carbonyl (C=O) groups is 1. The van der Waals surface area contributed by atoms with Crippen LogP contribution in [0.5, 0.6) is 5.75 Å². The molecular weight excluding hydrogens is 370 g/mol. The van der Waals surface area contributed by atoms with Gasteiger partial charge in [-0.2, -0.15) is 0 Å². The van der Waals surface area contributed by atoms with Crippen molar-refractivity contribution in [2.45, 2.75) is 6.92 Å². The highest BCUT2D eigenvalue weighted by molar-refractivity contribution is 9.10. The van der Waals surface area contributed by atoms with Gasteiger partial charge in [0.15, 0.2) is 11.6 Å². The second-order valence-corrected chi connectivity index (χ2v) is 5.64. The molecule has 0 heterocycles. The summed E-state index contributed by atoms with van der Waals surface area (Å²) < 4.78 is 32.0. The Hall–Kier alpha value is -2.15. The van der Waals surface area contributed by atoms with E-state index in [2.05, 4.69) is 26.6 Å². The largest absolute Gasteiger partial charge is 0.489 e. The summed E-state index contributed by atoms with van der Waals surface area (Å²) in [6.07, 6.45) is 0. The van der Waals surface area contributed by atoms with Gasteiger partial charge >= 0.3 is 6.03 Å². The van der Waals surface area contributed by atoms with E-state index in [-0.39, 0.29) is 18.9 Å². The minimum atomic E-state index is -0.780. The van der Waals surface area contributed by atoms with Gasteiger partial charge in [0.2, 0.25) is 0 Å². The molecule has 2 N–H and O–H groups in total. The Kier molecular flexibility index (Phi) is 5.92. The fraction of sp³-hybridized carbons (Fsp3) is 0.188. The summed E-state index contributed by atoms with van der Waals surface area (Å²) in [7, 11) is 0. The lowest BCUT2D eigenvalue weighted by Gasteiger charge is -2.11. The minimum Gasteiger partial charge on any atom is -0.489 e. The number of hydrogen-bond acceptors (Lipinski definition) is 2. The quantitative estimate of drug-likeness (QED) is 0.757. The summed E-state index contributed by atoms with van der Waals surface area (Å²) in [6.45, 7) is 2.18. The van der Waals surface area contributed by atoms with Gasteiger partial charge in [0, 0.05) is 10.5 Å². The molecule has 0 bridgehead atoms. The second-order valence-electron chi connectivity index (χ2n) is 4.79. The Morgan fingerprint density at radius 3 is 2.70 bits per heavy atom. The van der Waals surface area contributed by atoms with Crippen LogP contribution in [0, 0.1) is 18.6 Å². The number of aryl methyl sites for hydroxylation is 1. The number of rotatable bonds is 5. The molecule has 0 saturated heterocycles. The number of benzene rings is 2. The van der Waals surface area contributed by atoms with Crippen LogP contribution >= 0.6 is 15.9 Å². The highest BCUT2D eigenvalue weighted by atomic mass is 79.9. The van der Waals surface area contributed by atoms with Crippen LogP contribution in [-0.4, -0.2) is 19.2 Å². The number of amides is 2. The van der Waals surface area contributed by atoms with Gasteiger partial charge in [-0.1, -0.05) is 6.07 Å². The monoisotopic (exact) mass is 384 g/mol. The highest BCUT2D eigenvalue weighted by Gasteiger charge is 2.07. The maximum Gasteiger partial charge on any atom is 0.319 e. The van der Waals surface area contributed by atoms with Crippen molar-refractivity contribution in [3.05, 3.63) is 58.1 Å². The molecule has 0 aliphatic rings. The smallest absolute Gasteiger partial charge is 0.319 e. The van der Waals surface area contributed by atoms with Crippen LogP contribution in [0.2, 0.25) is 0 Å². The van der Waals surface area contributed by atoms with E-state index < -0.39 is 17.7 Å². The van der Waals surface area contributed by atoms with Gasteiger partial charge in [0.1, 0.15) is 12.4 Å². The molecular formula is C16H15BrF2N2O2. The van der Waals surface area contributed by atoms with Crippen LogP contribution in [0.1, 0.15) is 5.56 Å². The highest BCUT2D eigenvalue weighted by Crippen LogP contribution is 2.23. The van der Waals surface area contributed by atoms with Crippen LogP contribution in [-0.2, 0) is 0 Å². The molecule has 2 aromatic carbocycles. The Balaban J connectivity index is 1.76. The van der Waals surface area contributed by atoms with Crippen molar-refractivity contribution in [1.29, 1.82) is 0 Å². The molecule has 4 nitrogen and oxygen atoms in total. The molecule has 2 amide bonds. The zero-order valence-corrected chi connectivity index (χ0v) is 13.9. The fourth-order valence-electron chi connectivity index (χ4n) is 1.81. The van der Waals surface area contributed by atoms with E-state index >= 15 is 0 Å². The fourth-order valence-corrected chi connectivity index (χ4v) is 2.40. The normalized spacial score (nSPS) is 10.3. The zero-order valence-electron chi connectivity index (χ0n) is 12.3. The van der Waals surface area contributed by atoms with Gasteiger partial charge in [0.25, 0.3) is 0 Å². The number of nitrogens with one attached hydrogen (secondary N) is 2. The summed E-state index contributed by atoms with van der Waals surface area (Å²) in [4.78, 5) is 11.8. The molecule has 2 aromatic rings. The van der Waals surface area contributed by atoms with Crippen molar-refractivity contribution in [1.82, 2.24) is 5.32 Å². The van der Waals surface area contributed by atoms with Gasteiger partial charge < -0.3 is 15.4 Å². The lowest BCUT2D eigenvalue weighted by molar-refractivity contribution is 0.246. The van der Waals surface area contributed by atoms with Crippen LogP contribution in [0.4, 0.5) is 19.3 Å². The molecule has 2 rings (SSSR count). The van der Waals surface area contributed by atoms with Crippen molar-refractivity contribution < 1.29 is 18.3 Å². The van der Waals surface area contributed by atoms with Gasteiger partial charge in [-0.05, 0) is 52.7 Å². The summed E-state index contributed by atoms with van der Waals surface area (Å²) >= 11 is 3.36. The third-order valence-corrected chi connectivity index (χ3v) is 3.57. The van der Waals surface area contributed by atoms with Gasteiger partial charge in [-0.15, -0.1) is 0 Å². The van der Waals surface area contributed by atoms with Crippen molar-refractivity contribution in [2.75, 3.05) is 18.5 Å². The Labute approximate surface area is 141 Å². The first-order chi connectivity index (χ1) is 11.0. The van der Waals surface area contributed by atoms with Gasteiger partial charge in [-0.3, -0.25) is 0 Å². The topological polar surface area (TPSA) is 50.4 Å². The molecule has 0 unspecified atom stereocenters. The number of urea groups is 1. The van der Waals surface area contributed by atoms with E-state index in [0.717, 1.165) is 22.2 Å². The van der Waals surface area contributed by atoms with Crippen molar-refractivity contribution in [3.8, 4) is 5.75 Å². The number of carbonyl (C=O) groups excluding carboxylic acids is 1. The molecule has 0 aliphatic carbocycles. The molecule has 0 radical (unpaired) electrons. The predicted octanol–water partition coefficient (Wildman–Crippen LogP) is 4.24. The van der Waals surface area contributed by atoms with Crippen molar-refractivity contribution in [3.63, 3.8) is 0 Å². The van der Waals surface area contributed by atoms with Gasteiger partial charge in [0.05, 0.1) is 12.2 Å². The van der Waals surface area contributed by atoms with E-state index in [1.54, 1.807) is 6.07 Å². The Morgan fingerprint density at radius 2 is 2.00 bits per heavy atom. The van der Waals surface area contributed by atoms with Crippen LogP contribution < -0.4 is 15.4 Å². The molecule has 0 aromatic heterocycles. The molecule has 0 spiro atoms. The standard InChI is InChI=1S/C16H15BrF2N2O2/c1-10-2-4-14(12(17)8-10)21-16(22)20-6-7-23-15-5-3-11(18)9-13(15)19/h2-5,8-9H,6-7H2,1H3,(H2,20,21,22). The molecule has 23 heavy (non-hydrogen) atoms. The molecule has 0 saturated carbocycles. The maximum absolute atomic E-state index is 13.3. The summed E-state index contributed by atoms with van der Waals surface area (Å²) in [5, 5.41) is 5.26. The molecule has 0 aliphatic heterocycles. The van der Waals surface area contributed by atoms with Crippen molar-refractivity contribution >= 4 is 27.6 Å². The van der Waals surface area contributed by atoms with E-state index in [4.69, 9.17) is 4.74 Å². The van der Waals surface area contributed by atoms with Crippen molar-refractivity contribution in [2.24, 2.45) is 0 Å². The average Bonchev–Trinajstić information content (AvgIpc) is 2.48. The zero-order chi connectivity index (χ0) is 16.8. The van der Waals surface area contributed by atoms with E-state index in [1.807, 2.05) is 19.1 Å². The van der Waals surface area contributed by atoms with Crippen LogP contribution in [0.15, 0.2) is 40.9 Å². The molecule has 122 valence electrons. The summed E-state index contributed by atoms with van der Waals surface area (Å²) in [5.41, 5.74) is 1.70. The third kappa shape index (κ3) is 5.21. The Morgan fingerprint density at radius 1 is 1.22 bits per heavy atom. The summed E-state index contributed by atoms with van der Waals surface area (Å²) in [6, 6.07) is 8.18. The second kappa shape index (κ2) is 7.92. The number of ether oxygens (including phenoxy) is 1. The first-order valence-corrected chi connectivity index (χ1v) is 7.64. The number of halogens is 3. The maximum atomic E-state index is 13.3. The predicted molar refractivity (Wildman–Crippen MR) is 87.8 cm³/mol. The van der Waals surface area contributed by atoms with E-state index in [0.29, 0.717) is 5.69 Å². The van der Waals surface area contributed by atoms with E-state index in [9.17, 15) is 13.6 Å². The number of anilines is 1. The lowest BCUT2D eigenvalue weighted by Crippen LogP contribution is -2.32. The minimum absolute atomic E-state index is 0.0603. The van der Waals surface area contributed by atoms with Crippen LogP contribution in [0.3, 0.4) is 0 Å². The molecule has 7 heteroatoms. The summed E-state index contributed by atoms with van der Waals surface area (Å²) in [5.74, 6) is -1.51. The first-order valence-electron chi connectivity index (χ1n) is 6.84. The molecule has 0 fully saturated rings. The molecule has 0 atom stereocenters.